The minimum absolute atomic E-state index is 0.501. The lowest BCUT2D eigenvalue weighted by Crippen LogP contribution is -2.31. The minimum atomic E-state index is -1.44. The molecule has 0 aliphatic heterocycles. The summed E-state index contributed by atoms with van der Waals surface area (Å²) in [5.41, 5.74) is 3.63. The molecule has 0 radical (unpaired) electrons. The van der Waals surface area contributed by atoms with Gasteiger partial charge in [0.05, 0.1) is 0 Å². The SMILES string of the molecule is Cc1ccc(COc2ccc(B(O)O)c(C)c2)cc1. The molecule has 2 aromatic rings. The molecule has 0 saturated heterocycles. The Balaban J connectivity index is 2.04. The van der Waals surface area contributed by atoms with Gasteiger partial charge < -0.3 is 14.8 Å². The summed E-state index contributed by atoms with van der Waals surface area (Å²) in [6.45, 7) is 4.38. The van der Waals surface area contributed by atoms with Crippen LogP contribution in [-0.4, -0.2) is 17.2 Å². The Bertz CT molecular complexity index is 550. The Hall–Kier alpha value is -1.78. The van der Waals surface area contributed by atoms with Gasteiger partial charge in [-0.25, -0.2) is 0 Å². The normalized spacial score (nSPS) is 10.3. The first-order valence-corrected chi connectivity index (χ1v) is 6.21. The zero-order valence-corrected chi connectivity index (χ0v) is 11.1. The maximum Gasteiger partial charge on any atom is 0.488 e. The van der Waals surface area contributed by atoms with E-state index in [4.69, 9.17) is 14.8 Å². The molecule has 0 fully saturated rings. The number of aryl methyl sites for hydroxylation is 2. The van der Waals surface area contributed by atoms with Crippen molar-refractivity contribution in [3.8, 4) is 5.75 Å². The molecule has 0 unspecified atom stereocenters. The number of hydrogen-bond donors (Lipinski definition) is 2. The van der Waals surface area contributed by atoms with Gasteiger partial charge in [-0.2, -0.15) is 0 Å². The summed E-state index contributed by atoms with van der Waals surface area (Å²) in [5.74, 6) is 0.725. The fourth-order valence-corrected chi connectivity index (χ4v) is 1.88. The molecule has 0 aromatic heterocycles. The lowest BCUT2D eigenvalue weighted by atomic mass is 9.77. The molecule has 98 valence electrons. The second kappa shape index (κ2) is 5.91. The van der Waals surface area contributed by atoms with Crippen LogP contribution in [0, 0.1) is 13.8 Å². The second-order valence-corrected chi connectivity index (χ2v) is 4.67. The summed E-state index contributed by atoms with van der Waals surface area (Å²) in [6, 6.07) is 13.4. The second-order valence-electron chi connectivity index (χ2n) is 4.67. The molecular weight excluding hydrogens is 239 g/mol. The largest absolute Gasteiger partial charge is 0.489 e. The highest BCUT2D eigenvalue weighted by atomic mass is 16.5. The molecule has 0 aliphatic rings. The summed E-state index contributed by atoms with van der Waals surface area (Å²) in [5, 5.41) is 18.3. The summed E-state index contributed by atoms with van der Waals surface area (Å²) in [7, 11) is -1.44. The van der Waals surface area contributed by atoms with Crippen molar-refractivity contribution in [1.29, 1.82) is 0 Å². The van der Waals surface area contributed by atoms with Crippen molar-refractivity contribution in [3.63, 3.8) is 0 Å². The fourth-order valence-electron chi connectivity index (χ4n) is 1.88. The first-order valence-electron chi connectivity index (χ1n) is 6.21. The Morgan fingerprint density at radius 2 is 1.68 bits per heavy atom. The molecule has 0 amide bonds. The van der Waals surface area contributed by atoms with Crippen molar-refractivity contribution < 1.29 is 14.8 Å². The lowest BCUT2D eigenvalue weighted by Gasteiger charge is -2.10. The Morgan fingerprint density at radius 1 is 1.00 bits per heavy atom. The van der Waals surface area contributed by atoms with Crippen LogP contribution in [0.25, 0.3) is 0 Å². The van der Waals surface area contributed by atoms with Gasteiger partial charge in [-0.1, -0.05) is 35.9 Å². The van der Waals surface area contributed by atoms with Crippen LogP contribution in [0.3, 0.4) is 0 Å². The number of hydrogen-bond acceptors (Lipinski definition) is 3. The maximum absolute atomic E-state index is 9.14. The van der Waals surface area contributed by atoms with Crippen molar-refractivity contribution in [2.75, 3.05) is 0 Å². The molecule has 0 spiro atoms. The summed E-state index contributed by atoms with van der Waals surface area (Å²) in [4.78, 5) is 0. The molecule has 0 aliphatic carbocycles. The Kier molecular flexibility index (Phi) is 4.25. The molecule has 0 saturated carbocycles. The van der Waals surface area contributed by atoms with Crippen LogP contribution in [0.15, 0.2) is 42.5 Å². The third-order valence-electron chi connectivity index (χ3n) is 3.05. The topological polar surface area (TPSA) is 49.7 Å². The summed E-state index contributed by atoms with van der Waals surface area (Å²) < 4.78 is 5.68. The number of rotatable bonds is 4. The van der Waals surface area contributed by atoms with E-state index in [1.807, 2.05) is 32.0 Å². The van der Waals surface area contributed by atoms with Gasteiger partial charge in [0, 0.05) is 0 Å². The van der Waals surface area contributed by atoms with E-state index in [1.165, 1.54) is 5.56 Å². The molecule has 0 heterocycles. The molecule has 2 rings (SSSR count). The molecule has 2 N–H and O–H groups in total. The molecule has 2 aromatic carbocycles. The van der Waals surface area contributed by atoms with Gasteiger partial charge in [0.2, 0.25) is 0 Å². The molecule has 4 heteroatoms. The van der Waals surface area contributed by atoms with Gasteiger partial charge in [0.25, 0.3) is 0 Å². The number of benzene rings is 2. The average Bonchev–Trinajstić information content (AvgIpc) is 2.37. The molecular formula is C15H17BO3. The predicted octanol–water partition coefficient (Wildman–Crippen LogP) is 1.56. The zero-order chi connectivity index (χ0) is 13.8. The Labute approximate surface area is 113 Å². The highest BCUT2D eigenvalue weighted by molar-refractivity contribution is 6.59. The smallest absolute Gasteiger partial charge is 0.488 e. The van der Waals surface area contributed by atoms with Crippen LogP contribution >= 0.6 is 0 Å². The fraction of sp³-hybridized carbons (Fsp3) is 0.200. The standard InChI is InChI=1S/C15H17BO3/c1-11-3-5-13(6-4-11)10-19-14-7-8-15(16(17)18)12(2)9-14/h3-9,17-18H,10H2,1-2H3. The highest BCUT2D eigenvalue weighted by Crippen LogP contribution is 2.14. The van der Waals surface area contributed by atoms with Crippen LogP contribution in [0.5, 0.6) is 5.75 Å². The van der Waals surface area contributed by atoms with Crippen LogP contribution in [0.1, 0.15) is 16.7 Å². The van der Waals surface area contributed by atoms with Gasteiger partial charge in [0.1, 0.15) is 12.4 Å². The van der Waals surface area contributed by atoms with Crippen molar-refractivity contribution in [2.45, 2.75) is 20.5 Å². The summed E-state index contributed by atoms with van der Waals surface area (Å²) in [6.07, 6.45) is 0. The van der Waals surface area contributed by atoms with Gasteiger partial charge in [0.15, 0.2) is 0 Å². The van der Waals surface area contributed by atoms with E-state index in [1.54, 1.807) is 12.1 Å². The van der Waals surface area contributed by atoms with Crippen molar-refractivity contribution >= 4 is 12.6 Å². The van der Waals surface area contributed by atoms with E-state index in [0.717, 1.165) is 16.9 Å². The maximum atomic E-state index is 9.14. The van der Waals surface area contributed by atoms with Crippen LogP contribution in [0.2, 0.25) is 0 Å². The van der Waals surface area contributed by atoms with Gasteiger partial charge in [-0.3, -0.25) is 0 Å². The third kappa shape index (κ3) is 3.59. The highest BCUT2D eigenvalue weighted by Gasteiger charge is 2.13. The summed E-state index contributed by atoms with van der Waals surface area (Å²) >= 11 is 0. The van der Waals surface area contributed by atoms with Gasteiger partial charge >= 0.3 is 7.12 Å². The van der Waals surface area contributed by atoms with E-state index in [2.05, 4.69) is 12.1 Å². The van der Waals surface area contributed by atoms with Crippen molar-refractivity contribution in [2.24, 2.45) is 0 Å². The van der Waals surface area contributed by atoms with Crippen molar-refractivity contribution in [1.82, 2.24) is 0 Å². The van der Waals surface area contributed by atoms with E-state index in [-0.39, 0.29) is 0 Å². The first-order chi connectivity index (χ1) is 9.06. The zero-order valence-electron chi connectivity index (χ0n) is 11.1. The van der Waals surface area contributed by atoms with E-state index < -0.39 is 7.12 Å². The van der Waals surface area contributed by atoms with Crippen LogP contribution in [0.4, 0.5) is 0 Å². The van der Waals surface area contributed by atoms with Crippen LogP contribution < -0.4 is 10.2 Å². The minimum Gasteiger partial charge on any atom is -0.489 e. The predicted molar refractivity (Wildman–Crippen MR) is 76.5 cm³/mol. The van der Waals surface area contributed by atoms with E-state index in [9.17, 15) is 0 Å². The first kappa shape index (κ1) is 13.7. The van der Waals surface area contributed by atoms with E-state index >= 15 is 0 Å². The van der Waals surface area contributed by atoms with Gasteiger partial charge in [-0.15, -0.1) is 0 Å². The van der Waals surface area contributed by atoms with E-state index in [0.29, 0.717) is 12.1 Å². The number of ether oxygens (including phenoxy) is 1. The average molecular weight is 256 g/mol. The lowest BCUT2D eigenvalue weighted by molar-refractivity contribution is 0.306. The Morgan fingerprint density at radius 3 is 2.26 bits per heavy atom. The molecule has 19 heavy (non-hydrogen) atoms. The molecule has 0 atom stereocenters. The quantitative estimate of drug-likeness (QED) is 0.816. The third-order valence-corrected chi connectivity index (χ3v) is 3.05. The molecule has 3 nitrogen and oxygen atoms in total. The monoisotopic (exact) mass is 256 g/mol. The van der Waals surface area contributed by atoms with Gasteiger partial charge in [-0.05, 0) is 42.6 Å². The van der Waals surface area contributed by atoms with Crippen molar-refractivity contribution in [3.05, 3.63) is 59.2 Å². The molecule has 0 bridgehead atoms. The van der Waals surface area contributed by atoms with Crippen LogP contribution in [-0.2, 0) is 6.61 Å².